The Morgan fingerprint density at radius 2 is 0.963 bits per heavy atom. The Kier molecular flexibility index (Phi) is 6.90. The predicted octanol–water partition coefficient (Wildman–Crippen LogP) is 15.0. The second kappa shape index (κ2) is 12.2. The van der Waals surface area contributed by atoms with Crippen molar-refractivity contribution in [2.75, 3.05) is 4.90 Å². The average molecular weight is 688 g/mol. The maximum Gasteiger partial charge on any atom is 0.143 e. The van der Waals surface area contributed by atoms with E-state index in [2.05, 4.69) is 205 Å². The molecule has 0 N–H and O–H groups in total. The molecule has 0 aliphatic heterocycles. The van der Waals surface area contributed by atoms with Gasteiger partial charge in [-0.3, -0.25) is 0 Å². The first kappa shape index (κ1) is 30.5. The van der Waals surface area contributed by atoms with Crippen LogP contribution >= 0.6 is 0 Å². The maximum atomic E-state index is 6.73. The molecule has 1 heterocycles. The van der Waals surface area contributed by atoms with E-state index in [0.717, 1.165) is 55.5 Å². The molecule has 0 saturated carbocycles. The van der Waals surface area contributed by atoms with Gasteiger partial charge >= 0.3 is 0 Å². The molecule has 0 amide bonds. The second-order valence-corrected chi connectivity index (χ2v) is 14.1. The first-order chi connectivity index (χ1) is 26.8. The van der Waals surface area contributed by atoms with Crippen LogP contribution in [0.1, 0.15) is 0 Å². The van der Waals surface area contributed by atoms with E-state index in [1.54, 1.807) is 0 Å². The lowest BCUT2D eigenvalue weighted by Crippen LogP contribution is -2.11. The lowest BCUT2D eigenvalue weighted by atomic mass is 9.94. The third-order valence-corrected chi connectivity index (χ3v) is 11.0. The van der Waals surface area contributed by atoms with E-state index in [1.807, 2.05) is 0 Å². The molecule has 0 aliphatic rings. The third-order valence-electron chi connectivity index (χ3n) is 11.0. The average Bonchev–Trinajstić information content (AvgIpc) is 3.61. The molecular formula is C52H33NO. The summed E-state index contributed by atoms with van der Waals surface area (Å²) in [6, 6.07) is 72.3. The van der Waals surface area contributed by atoms with Crippen molar-refractivity contribution in [3.63, 3.8) is 0 Å². The summed E-state index contributed by atoms with van der Waals surface area (Å²) >= 11 is 0. The van der Waals surface area contributed by atoms with Gasteiger partial charge in [-0.1, -0.05) is 158 Å². The zero-order valence-electron chi connectivity index (χ0n) is 29.4. The van der Waals surface area contributed by atoms with Crippen LogP contribution in [0.4, 0.5) is 17.1 Å². The highest BCUT2D eigenvalue weighted by Crippen LogP contribution is 2.46. The first-order valence-electron chi connectivity index (χ1n) is 18.5. The largest absolute Gasteiger partial charge is 0.455 e. The van der Waals surface area contributed by atoms with Crippen LogP contribution in [0.15, 0.2) is 205 Å². The van der Waals surface area contributed by atoms with Gasteiger partial charge in [0.15, 0.2) is 0 Å². The fourth-order valence-corrected chi connectivity index (χ4v) is 8.43. The summed E-state index contributed by atoms with van der Waals surface area (Å²) in [6.07, 6.45) is 0. The summed E-state index contributed by atoms with van der Waals surface area (Å²) in [5, 5.41) is 12.0. The Morgan fingerprint density at radius 1 is 0.315 bits per heavy atom. The number of benzene rings is 10. The molecule has 10 aromatic carbocycles. The van der Waals surface area contributed by atoms with Crippen LogP contribution in [0, 0.1) is 0 Å². The molecule has 2 heteroatoms. The highest BCUT2D eigenvalue weighted by Gasteiger charge is 2.21. The van der Waals surface area contributed by atoms with Gasteiger partial charge in [-0.2, -0.15) is 0 Å². The summed E-state index contributed by atoms with van der Waals surface area (Å²) in [5.74, 6) is 0. The molecule has 0 radical (unpaired) electrons. The standard InChI is InChI=1S/C52H33NO/c1-2-12-34(13-3-1)36-17-10-18-40(30-36)53(41-26-27-43-39(31-41)25-24-35-14-6-7-19-42(35)43)50-29-28-45(44-20-8-9-21-46(44)50)47-22-11-23-48-49-32-37-15-4-5-16-38(37)33-51(49)54-52(47)48/h1-33H. The van der Waals surface area contributed by atoms with E-state index in [-0.39, 0.29) is 0 Å². The molecule has 1 aromatic heterocycles. The molecule has 11 rings (SSSR count). The van der Waals surface area contributed by atoms with Gasteiger partial charge in [-0.05, 0) is 96.9 Å². The zero-order chi connectivity index (χ0) is 35.6. The van der Waals surface area contributed by atoms with E-state index in [0.29, 0.717) is 0 Å². The number of anilines is 3. The first-order valence-corrected chi connectivity index (χ1v) is 18.5. The van der Waals surface area contributed by atoms with Gasteiger partial charge in [-0.15, -0.1) is 0 Å². The monoisotopic (exact) mass is 687 g/mol. The summed E-state index contributed by atoms with van der Waals surface area (Å²) in [6.45, 7) is 0. The van der Waals surface area contributed by atoms with Crippen molar-refractivity contribution in [2.45, 2.75) is 0 Å². The van der Waals surface area contributed by atoms with Gasteiger partial charge in [0.1, 0.15) is 11.2 Å². The van der Waals surface area contributed by atoms with Gasteiger partial charge < -0.3 is 9.32 Å². The fourth-order valence-electron chi connectivity index (χ4n) is 8.43. The van der Waals surface area contributed by atoms with Crippen molar-refractivity contribution in [2.24, 2.45) is 0 Å². The van der Waals surface area contributed by atoms with Crippen LogP contribution in [0.2, 0.25) is 0 Å². The number of hydrogen-bond donors (Lipinski definition) is 0. The summed E-state index contributed by atoms with van der Waals surface area (Å²) in [4.78, 5) is 2.42. The molecule has 0 bridgehead atoms. The number of nitrogens with zero attached hydrogens (tertiary/aromatic N) is 1. The number of para-hydroxylation sites is 1. The van der Waals surface area contributed by atoms with Crippen LogP contribution < -0.4 is 4.90 Å². The lowest BCUT2D eigenvalue weighted by molar-refractivity contribution is 0.670. The second-order valence-electron chi connectivity index (χ2n) is 14.1. The molecule has 0 unspecified atom stereocenters. The minimum atomic E-state index is 0.908. The lowest BCUT2D eigenvalue weighted by Gasteiger charge is -2.28. The third kappa shape index (κ3) is 4.88. The van der Waals surface area contributed by atoms with Crippen molar-refractivity contribution < 1.29 is 4.42 Å². The predicted molar refractivity (Wildman–Crippen MR) is 229 cm³/mol. The number of rotatable bonds is 5. The summed E-state index contributed by atoms with van der Waals surface area (Å²) in [5.41, 5.74) is 9.74. The van der Waals surface area contributed by atoms with Crippen LogP contribution in [0.5, 0.6) is 0 Å². The fraction of sp³-hybridized carbons (Fsp3) is 0. The van der Waals surface area contributed by atoms with Crippen molar-refractivity contribution in [1.29, 1.82) is 0 Å². The van der Waals surface area contributed by atoms with E-state index in [9.17, 15) is 0 Å². The Balaban J connectivity index is 1.13. The van der Waals surface area contributed by atoms with Crippen LogP contribution in [-0.4, -0.2) is 0 Å². The summed E-state index contributed by atoms with van der Waals surface area (Å²) in [7, 11) is 0. The Labute approximate surface area is 312 Å². The summed E-state index contributed by atoms with van der Waals surface area (Å²) < 4.78 is 6.73. The smallest absolute Gasteiger partial charge is 0.143 e. The molecule has 0 aliphatic carbocycles. The van der Waals surface area contributed by atoms with Crippen molar-refractivity contribution >= 4 is 82.1 Å². The minimum Gasteiger partial charge on any atom is -0.455 e. The van der Waals surface area contributed by atoms with Crippen molar-refractivity contribution in [3.8, 4) is 22.3 Å². The van der Waals surface area contributed by atoms with Gasteiger partial charge in [-0.25, -0.2) is 0 Å². The van der Waals surface area contributed by atoms with Gasteiger partial charge in [0.25, 0.3) is 0 Å². The Morgan fingerprint density at radius 3 is 1.83 bits per heavy atom. The highest BCUT2D eigenvalue weighted by atomic mass is 16.3. The molecule has 2 nitrogen and oxygen atoms in total. The topological polar surface area (TPSA) is 16.4 Å². The molecule has 11 aromatic rings. The Hall–Kier alpha value is -7.16. The number of furan rings is 1. The molecule has 0 atom stereocenters. The Bertz CT molecular complexity index is 3230. The van der Waals surface area contributed by atoms with Gasteiger partial charge in [0.05, 0.1) is 5.69 Å². The number of fused-ring (bicyclic) bond motifs is 8. The molecule has 0 fully saturated rings. The van der Waals surface area contributed by atoms with Crippen LogP contribution in [0.3, 0.4) is 0 Å². The van der Waals surface area contributed by atoms with Gasteiger partial charge in [0, 0.05) is 33.1 Å². The van der Waals surface area contributed by atoms with Gasteiger partial charge in [0.2, 0.25) is 0 Å². The SMILES string of the molecule is c1ccc(-c2cccc(N(c3ccc4c(ccc5ccccc54)c3)c3ccc(-c4cccc5c4oc4cc6ccccc6cc45)c4ccccc34)c2)cc1. The molecule has 252 valence electrons. The van der Waals surface area contributed by atoms with E-state index < -0.39 is 0 Å². The minimum absolute atomic E-state index is 0.908. The normalized spacial score (nSPS) is 11.7. The van der Waals surface area contributed by atoms with E-state index >= 15 is 0 Å². The van der Waals surface area contributed by atoms with Crippen molar-refractivity contribution in [3.05, 3.63) is 200 Å². The molecule has 54 heavy (non-hydrogen) atoms. The van der Waals surface area contributed by atoms with Crippen LogP contribution in [-0.2, 0) is 0 Å². The highest BCUT2D eigenvalue weighted by molar-refractivity contribution is 6.16. The molecule has 0 saturated heterocycles. The number of hydrogen-bond acceptors (Lipinski definition) is 2. The maximum absolute atomic E-state index is 6.73. The zero-order valence-corrected chi connectivity index (χ0v) is 29.4. The van der Waals surface area contributed by atoms with Crippen LogP contribution in [0.25, 0.3) is 87.3 Å². The molecule has 0 spiro atoms. The quantitative estimate of drug-likeness (QED) is 0.168. The van der Waals surface area contributed by atoms with E-state index in [1.165, 1.54) is 48.8 Å². The van der Waals surface area contributed by atoms with Crippen molar-refractivity contribution in [1.82, 2.24) is 0 Å². The molecular weight excluding hydrogens is 655 g/mol. The van der Waals surface area contributed by atoms with E-state index in [4.69, 9.17) is 4.42 Å².